The number of hydrogen-bond acceptors (Lipinski definition) is 5. The topological polar surface area (TPSA) is 199 Å². The number of carbonyl (C=O) groups is 2. The molecule has 3 atom stereocenters. The largest absolute Gasteiger partial charge is 0.481 e. The van der Waals surface area contributed by atoms with Crippen molar-refractivity contribution in [1.29, 1.82) is 0 Å². The molecule has 0 heterocycles. The number of rotatable bonds is 9. The Kier molecular flexibility index (Phi) is 7.17. The van der Waals surface area contributed by atoms with E-state index in [1.165, 1.54) is 0 Å². The van der Waals surface area contributed by atoms with Crippen LogP contribution in [0.5, 0.6) is 0 Å². The van der Waals surface area contributed by atoms with Gasteiger partial charge >= 0.3 is 27.4 Å². The lowest BCUT2D eigenvalue weighted by atomic mass is 9.96. The Morgan fingerprint density at radius 2 is 1.48 bits per heavy atom. The molecule has 21 heavy (non-hydrogen) atoms. The molecular weight excluding hydrogens is 334 g/mol. The summed E-state index contributed by atoms with van der Waals surface area (Å²) in [5.41, 5.74) is -2.22. The first-order chi connectivity index (χ1) is 9.24. The Labute approximate surface area is 119 Å². The van der Waals surface area contributed by atoms with Crippen LogP contribution >= 0.6 is 15.4 Å². The predicted octanol–water partition coefficient (Wildman–Crippen LogP) is -0.404. The van der Waals surface area contributed by atoms with Crippen LogP contribution in [-0.2, 0) is 23.2 Å². The van der Waals surface area contributed by atoms with Gasteiger partial charge in [-0.3, -0.25) is 18.7 Å². The first kappa shape index (κ1) is 20.2. The molecule has 0 amide bonds. The summed E-state index contributed by atoms with van der Waals surface area (Å²) in [6.07, 6.45) is -2.67. The minimum atomic E-state index is -5.07. The van der Waals surface area contributed by atoms with Crippen LogP contribution in [0.3, 0.4) is 0 Å². The Morgan fingerprint density at radius 1 is 1.00 bits per heavy atom. The highest BCUT2D eigenvalue weighted by Crippen LogP contribution is 2.45. The van der Waals surface area contributed by atoms with E-state index in [-0.39, 0.29) is 0 Å². The first-order valence-corrected chi connectivity index (χ1v) is 8.70. The normalized spacial score (nSPS) is 17.0. The van der Waals surface area contributed by atoms with Crippen LogP contribution in [0, 0.1) is 5.92 Å². The average molecular weight is 350 g/mol. The van der Waals surface area contributed by atoms with E-state index >= 15 is 0 Å². The van der Waals surface area contributed by atoms with E-state index in [1.54, 1.807) is 0 Å². The van der Waals surface area contributed by atoms with Gasteiger partial charge in [-0.15, -0.1) is 0 Å². The van der Waals surface area contributed by atoms with Gasteiger partial charge < -0.3 is 29.8 Å². The lowest BCUT2D eigenvalue weighted by molar-refractivity contribution is -0.143. The molecule has 0 rings (SSSR count). The van der Waals surface area contributed by atoms with Crippen LogP contribution in [0.2, 0.25) is 0 Å². The average Bonchev–Trinajstić information content (AvgIpc) is 2.18. The SMILES string of the molecule is CC(CC(CC(C(=O)O)P(=O)(O)O)C(=O)O)OP(=O)(O)O. The molecule has 0 aliphatic rings. The Morgan fingerprint density at radius 3 is 1.76 bits per heavy atom. The van der Waals surface area contributed by atoms with Crippen LogP contribution in [0.25, 0.3) is 0 Å². The molecule has 0 saturated carbocycles. The first-order valence-electron chi connectivity index (χ1n) is 5.48. The van der Waals surface area contributed by atoms with Crippen molar-refractivity contribution in [2.24, 2.45) is 5.92 Å². The molecule has 0 saturated heterocycles. The summed E-state index contributed by atoms with van der Waals surface area (Å²) < 4.78 is 25.8. The second-order valence-electron chi connectivity index (χ2n) is 4.36. The zero-order valence-electron chi connectivity index (χ0n) is 10.8. The molecule has 0 aromatic rings. The van der Waals surface area contributed by atoms with Gasteiger partial charge in [0.15, 0.2) is 5.66 Å². The molecule has 124 valence electrons. The maximum Gasteiger partial charge on any atom is 0.469 e. The van der Waals surface area contributed by atoms with Crippen molar-refractivity contribution in [3.63, 3.8) is 0 Å². The van der Waals surface area contributed by atoms with Crippen molar-refractivity contribution < 1.29 is 53.0 Å². The summed E-state index contributed by atoms with van der Waals surface area (Å²) in [7, 11) is -9.92. The molecule has 13 heteroatoms. The molecule has 0 bridgehead atoms. The van der Waals surface area contributed by atoms with Crippen molar-refractivity contribution in [1.82, 2.24) is 0 Å². The van der Waals surface area contributed by atoms with Crippen LogP contribution in [-0.4, -0.2) is 53.5 Å². The number of phosphoric acid groups is 1. The Hall–Kier alpha value is -0.800. The molecule has 0 spiro atoms. The molecule has 3 unspecified atom stereocenters. The minimum absolute atomic E-state index is 0.524. The van der Waals surface area contributed by atoms with Gasteiger partial charge in [0.1, 0.15) is 0 Å². The van der Waals surface area contributed by atoms with E-state index in [0.717, 1.165) is 6.92 Å². The van der Waals surface area contributed by atoms with Crippen molar-refractivity contribution in [3.8, 4) is 0 Å². The summed E-state index contributed by atoms with van der Waals surface area (Å²) in [6, 6.07) is 0. The third-order valence-electron chi connectivity index (χ3n) is 2.48. The smallest absolute Gasteiger partial charge is 0.469 e. The molecule has 0 aromatic heterocycles. The zero-order valence-corrected chi connectivity index (χ0v) is 12.6. The van der Waals surface area contributed by atoms with Gasteiger partial charge in [0, 0.05) is 0 Å². The fraction of sp³-hybridized carbons (Fsp3) is 0.750. The number of phosphoric ester groups is 1. The Bertz CT molecular complexity index is 477. The van der Waals surface area contributed by atoms with Crippen LogP contribution in [0.15, 0.2) is 0 Å². The van der Waals surface area contributed by atoms with Crippen molar-refractivity contribution in [2.45, 2.75) is 31.5 Å². The van der Waals surface area contributed by atoms with Gasteiger partial charge in [0.2, 0.25) is 0 Å². The summed E-state index contributed by atoms with van der Waals surface area (Å²) in [6.45, 7) is 1.14. The van der Waals surface area contributed by atoms with Gasteiger partial charge in [-0.25, -0.2) is 4.57 Å². The van der Waals surface area contributed by atoms with Gasteiger partial charge in [-0.1, -0.05) is 0 Å². The quantitative estimate of drug-likeness (QED) is 0.295. The van der Waals surface area contributed by atoms with E-state index < -0.39 is 57.9 Å². The third kappa shape index (κ3) is 8.27. The highest BCUT2D eigenvalue weighted by atomic mass is 31.2. The second kappa shape index (κ2) is 7.46. The Balaban J connectivity index is 5.00. The standard InChI is InChI=1S/C8H16O11P2/c1-4(19-21(16,17)18)2-5(7(9)10)3-6(8(11)12)20(13,14)15/h4-6H,2-3H2,1H3,(H,9,10)(H,11,12)(H2,13,14,15)(H2,16,17,18). The molecule has 0 aromatic carbocycles. The van der Waals surface area contributed by atoms with Crippen molar-refractivity contribution in [2.75, 3.05) is 0 Å². The molecule has 0 aliphatic carbocycles. The monoisotopic (exact) mass is 350 g/mol. The van der Waals surface area contributed by atoms with Crippen LogP contribution in [0.1, 0.15) is 19.8 Å². The second-order valence-corrected chi connectivity index (χ2v) is 7.35. The summed E-state index contributed by atoms with van der Waals surface area (Å²) in [5, 5.41) is 17.6. The lowest BCUT2D eigenvalue weighted by Crippen LogP contribution is -2.29. The number of aliphatic carboxylic acids is 2. The number of hydrogen-bond donors (Lipinski definition) is 6. The van der Waals surface area contributed by atoms with Gasteiger partial charge in [0.25, 0.3) is 0 Å². The van der Waals surface area contributed by atoms with E-state index in [2.05, 4.69) is 4.52 Å². The van der Waals surface area contributed by atoms with E-state index in [4.69, 9.17) is 29.8 Å². The van der Waals surface area contributed by atoms with E-state index in [9.17, 15) is 18.7 Å². The summed E-state index contributed by atoms with van der Waals surface area (Å²) in [5.74, 6) is -4.98. The number of carboxylic acid groups (broad SMARTS) is 2. The van der Waals surface area contributed by atoms with Gasteiger partial charge in [0.05, 0.1) is 12.0 Å². The lowest BCUT2D eigenvalue weighted by Gasteiger charge is -2.21. The third-order valence-corrected chi connectivity index (χ3v) is 4.36. The summed E-state index contributed by atoms with van der Waals surface area (Å²) >= 11 is 0. The highest BCUT2D eigenvalue weighted by molar-refractivity contribution is 7.53. The predicted molar refractivity (Wildman–Crippen MR) is 66.4 cm³/mol. The minimum Gasteiger partial charge on any atom is -0.481 e. The van der Waals surface area contributed by atoms with Crippen molar-refractivity contribution in [3.05, 3.63) is 0 Å². The van der Waals surface area contributed by atoms with Gasteiger partial charge in [-0.05, 0) is 19.8 Å². The molecule has 0 aliphatic heterocycles. The maximum atomic E-state index is 11.0. The molecule has 0 fully saturated rings. The van der Waals surface area contributed by atoms with E-state index in [1.807, 2.05) is 0 Å². The fourth-order valence-corrected chi connectivity index (χ4v) is 3.00. The number of carboxylic acids is 2. The molecular formula is C8H16O11P2. The molecule has 11 nitrogen and oxygen atoms in total. The van der Waals surface area contributed by atoms with E-state index in [0.29, 0.717) is 0 Å². The molecule has 6 N–H and O–H groups in total. The molecule has 0 radical (unpaired) electrons. The highest BCUT2D eigenvalue weighted by Gasteiger charge is 2.40. The van der Waals surface area contributed by atoms with Gasteiger partial charge in [-0.2, -0.15) is 0 Å². The van der Waals surface area contributed by atoms with Crippen LogP contribution < -0.4 is 0 Å². The zero-order chi connectivity index (χ0) is 17.0. The van der Waals surface area contributed by atoms with Crippen LogP contribution in [0.4, 0.5) is 0 Å². The van der Waals surface area contributed by atoms with Crippen molar-refractivity contribution >= 4 is 27.4 Å². The summed E-state index contributed by atoms with van der Waals surface area (Å²) in [4.78, 5) is 56.7. The maximum absolute atomic E-state index is 11.0. The fourth-order valence-electron chi connectivity index (χ4n) is 1.63.